The number of nitrogens with zero attached hydrogens (tertiary/aromatic N) is 4. The molecule has 0 fully saturated rings. The van der Waals surface area contributed by atoms with Gasteiger partial charge in [0.15, 0.2) is 9.84 Å². The fraction of sp³-hybridized carbons (Fsp3) is 0.727. The maximum absolute atomic E-state index is 13.6. The van der Waals surface area contributed by atoms with E-state index in [4.69, 9.17) is 37.9 Å². The second-order valence-corrected chi connectivity index (χ2v) is 18.7. The molecule has 2 aromatic rings. The zero-order valence-corrected chi connectivity index (χ0v) is 39.4. The number of rotatable bonds is 31. The van der Waals surface area contributed by atoms with Gasteiger partial charge in [-0.15, -0.1) is 5.11 Å². The molecule has 0 aliphatic rings. The van der Waals surface area contributed by atoms with Crippen LogP contribution in [0.15, 0.2) is 51.5 Å². The molecule has 2 rings (SSSR count). The van der Waals surface area contributed by atoms with Crippen molar-refractivity contribution in [3.63, 3.8) is 0 Å². The van der Waals surface area contributed by atoms with Crippen molar-refractivity contribution >= 4 is 26.9 Å². The molecule has 338 valence electrons. The van der Waals surface area contributed by atoms with Crippen LogP contribution in [0.3, 0.4) is 0 Å². The van der Waals surface area contributed by atoms with Crippen LogP contribution in [0.5, 0.6) is 11.5 Å². The number of hydrogen-bond donors (Lipinski definition) is 0. The van der Waals surface area contributed by atoms with E-state index in [-0.39, 0.29) is 57.8 Å². The Balaban J connectivity index is 2.28. The average Bonchev–Trinajstić information content (AvgIpc) is 3.14. The number of benzene rings is 2. The summed E-state index contributed by atoms with van der Waals surface area (Å²) < 4.78 is 73.5. The molecular weight excluding hydrogens is 777 g/mol. The lowest BCUT2D eigenvalue weighted by Crippen LogP contribution is -2.38. The molecule has 14 nitrogen and oxygen atoms in total. The molecule has 0 saturated heterocycles. The third-order valence-corrected chi connectivity index (χ3v) is 11.2. The minimum Gasteiger partial charge on any atom is -0.495 e. The van der Waals surface area contributed by atoms with Crippen molar-refractivity contribution in [3.8, 4) is 11.5 Å². The Bertz CT molecular complexity index is 1580. The standard InChI is InChI=1S/C44H76N4O10S/c1-33(2)57-35(5)31-43(7,8)55-26-21-48(22-27-56-44(9,10)32-36(6)58-34(3)4)38-17-15-37(16-18-38)45-46-39-29-41(54-14)42(30-40(39)53-13)59(49,50)28-23-47(19-24-51-11)20-25-52-12/h15-18,29-30,33-36H,19-28,31-32H2,1-14H3. The summed E-state index contributed by atoms with van der Waals surface area (Å²) in [6, 6.07) is 10.8. The van der Waals surface area contributed by atoms with Crippen LogP contribution in [0.25, 0.3) is 0 Å². The van der Waals surface area contributed by atoms with Crippen LogP contribution in [-0.2, 0) is 38.3 Å². The van der Waals surface area contributed by atoms with Gasteiger partial charge in [0.05, 0.1) is 87.7 Å². The molecule has 0 amide bonds. The Morgan fingerprint density at radius 3 is 1.56 bits per heavy atom. The molecule has 15 heteroatoms. The molecule has 0 spiro atoms. The molecule has 0 aliphatic heterocycles. The van der Waals surface area contributed by atoms with Gasteiger partial charge in [-0.3, -0.25) is 4.90 Å². The topological polar surface area (TPSA) is 139 Å². The molecule has 0 aromatic heterocycles. The van der Waals surface area contributed by atoms with Gasteiger partial charge in [0.25, 0.3) is 0 Å². The van der Waals surface area contributed by atoms with Crippen molar-refractivity contribution in [2.24, 2.45) is 10.2 Å². The Hall–Kier alpha value is -2.89. The first-order valence-electron chi connectivity index (χ1n) is 20.8. The van der Waals surface area contributed by atoms with E-state index in [9.17, 15) is 8.42 Å². The summed E-state index contributed by atoms with van der Waals surface area (Å²) in [6.07, 6.45) is 2.01. The Kier molecular flexibility index (Phi) is 22.8. The summed E-state index contributed by atoms with van der Waals surface area (Å²) in [6.45, 7) is 25.5. The lowest BCUT2D eigenvalue weighted by Gasteiger charge is -2.33. The number of hydrogen-bond acceptors (Lipinski definition) is 14. The molecule has 2 aromatic carbocycles. The molecule has 0 heterocycles. The fourth-order valence-electron chi connectivity index (χ4n) is 6.91. The van der Waals surface area contributed by atoms with Crippen molar-refractivity contribution in [3.05, 3.63) is 36.4 Å². The SMILES string of the molecule is COCCN(CCOC)CCS(=O)(=O)c1cc(OC)c(N=Nc2ccc(N(CCOC(C)(C)CC(C)OC(C)C)CCOC(C)(C)CC(C)OC(C)C)cc2)cc1OC. The summed E-state index contributed by atoms with van der Waals surface area (Å²) in [5.41, 5.74) is 1.19. The highest BCUT2D eigenvalue weighted by molar-refractivity contribution is 7.91. The second kappa shape index (κ2) is 25.8. The zero-order chi connectivity index (χ0) is 44.2. The predicted molar refractivity (Wildman–Crippen MR) is 235 cm³/mol. The molecule has 0 saturated carbocycles. The van der Waals surface area contributed by atoms with E-state index in [2.05, 4.69) is 56.7 Å². The molecule has 0 aliphatic carbocycles. The molecule has 0 radical (unpaired) electrons. The van der Waals surface area contributed by atoms with E-state index in [1.165, 1.54) is 26.4 Å². The molecule has 0 N–H and O–H groups in total. The number of ether oxygens (including phenoxy) is 8. The van der Waals surface area contributed by atoms with Gasteiger partial charge in [0, 0.05) is 77.6 Å². The first-order chi connectivity index (χ1) is 27.7. The number of sulfone groups is 1. The van der Waals surface area contributed by atoms with E-state index in [1.54, 1.807) is 14.2 Å². The van der Waals surface area contributed by atoms with Gasteiger partial charge in [0.2, 0.25) is 0 Å². The van der Waals surface area contributed by atoms with Crippen molar-refractivity contribution < 1.29 is 46.3 Å². The quantitative estimate of drug-likeness (QED) is 0.0675. The predicted octanol–water partition coefficient (Wildman–Crippen LogP) is 8.29. The van der Waals surface area contributed by atoms with Gasteiger partial charge in [0.1, 0.15) is 22.1 Å². The number of methoxy groups -OCH3 is 4. The number of anilines is 1. The minimum atomic E-state index is -3.76. The van der Waals surface area contributed by atoms with Gasteiger partial charge in [-0.2, -0.15) is 5.11 Å². The van der Waals surface area contributed by atoms with E-state index >= 15 is 0 Å². The van der Waals surface area contributed by atoms with Crippen molar-refractivity contribution in [1.29, 1.82) is 0 Å². The van der Waals surface area contributed by atoms with E-state index in [1.807, 2.05) is 56.9 Å². The van der Waals surface area contributed by atoms with E-state index in [0.29, 0.717) is 70.5 Å². The summed E-state index contributed by atoms with van der Waals surface area (Å²) in [5, 5.41) is 8.92. The third-order valence-electron chi connectivity index (χ3n) is 9.46. The van der Waals surface area contributed by atoms with Crippen molar-refractivity contribution in [1.82, 2.24) is 4.90 Å². The van der Waals surface area contributed by atoms with Crippen LogP contribution >= 0.6 is 0 Å². The Labute approximate surface area is 356 Å². The first kappa shape index (κ1) is 52.2. The van der Waals surface area contributed by atoms with Gasteiger partial charge < -0.3 is 42.8 Å². The monoisotopic (exact) mass is 853 g/mol. The van der Waals surface area contributed by atoms with Gasteiger partial charge in [-0.25, -0.2) is 8.42 Å². The summed E-state index contributed by atoms with van der Waals surface area (Å²) in [4.78, 5) is 4.26. The van der Waals surface area contributed by atoms with Crippen molar-refractivity contribution in [2.45, 2.75) is 123 Å². The molecule has 2 unspecified atom stereocenters. The highest BCUT2D eigenvalue weighted by Gasteiger charge is 2.26. The summed E-state index contributed by atoms with van der Waals surface area (Å²) >= 11 is 0. The highest BCUT2D eigenvalue weighted by atomic mass is 32.2. The lowest BCUT2D eigenvalue weighted by molar-refractivity contribution is -0.0735. The minimum absolute atomic E-state index is 0.0233. The molecular formula is C44H76N4O10S. The van der Waals surface area contributed by atoms with Gasteiger partial charge >= 0.3 is 0 Å². The third kappa shape index (κ3) is 20.0. The van der Waals surface area contributed by atoms with Crippen LogP contribution in [0.4, 0.5) is 17.1 Å². The zero-order valence-electron chi connectivity index (χ0n) is 38.5. The molecule has 0 bridgehead atoms. The highest BCUT2D eigenvalue weighted by Crippen LogP contribution is 2.39. The Morgan fingerprint density at radius 1 is 0.627 bits per heavy atom. The van der Waals surface area contributed by atoms with Crippen LogP contribution in [0.1, 0.15) is 82.1 Å². The first-order valence-corrected chi connectivity index (χ1v) is 22.4. The average molecular weight is 853 g/mol. The van der Waals surface area contributed by atoms with E-state index in [0.717, 1.165) is 18.5 Å². The lowest BCUT2D eigenvalue weighted by atomic mass is 10.0. The maximum Gasteiger partial charge on any atom is 0.183 e. The van der Waals surface area contributed by atoms with E-state index < -0.39 is 9.84 Å². The summed E-state index contributed by atoms with van der Waals surface area (Å²) in [5.74, 6) is 0.287. The maximum atomic E-state index is 13.6. The smallest absolute Gasteiger partial charge is 0.183 e. The molecule has 59 heavy (non-hydrogen) atoms. The van der Waals surface area contributed by atoms with Crippen LogP contribution in [-0.4, -0.2) is 142 Å². The molecule has 2 atom stereocenters. The van der Waals surface area contributed by atoms with Gasteiger partial charge in [-0.05, 0) is 93.5 Å². The largest absolute Gasteiger partial charge is 0.495 e. The van der Waals surface area contributed by atoms with Crippen LogP contribution in [0, 0.1) is 0 Å². The van der Waals surface area contributed by atoms with Gasteiger partial charge in [-0.1, -0.05) is 0 Å². The second-order valence-electron chi connectivity index (χ2n) is 16.6. The van der Waals surface area contributed by atoms with Crippen molar-refractivity contribution in [2.75, 3.05) is 98.2 Å². The summed E-state index contributed by atoms with van der Waals surface area (Å²) in [7, 11) is 2.36. The fourth-order valence-corrected chi connectivity index (χ4v) is 8.37. The normalized spacial score (nSPS) is 13.8. The van der Waals surface area contributed by atoms with Crippen LogP contribution < -0.4 is 14.4 Å². The van der Waals surface area contributed by atoms with Crippen LogP contribution in [0.2, 0.25) is 0 Å². The Morgan fingerprint density at radius 2 is 1.12 bits per heavy atom. The number of azo groups is 1.